The van der Waals surface area contributed by atoms with Crippen LogP contribution in [0.15, 0.2) is 29.6 Å². The Bertz CT molecular complexity index is 1150. The predicted octanol–water partition coefficient (Wildman–Crippen LogP) is 3.86. The quantitative estimate of drug-likeness (QED) is 0.564. The summed E-state index contributed by atoms with van der Waals surface area (Å²) in [5.41, 5.74) is 4.01. The van der Waals surface area contributed by atoms with E-state index in [1.54, 1.807) is 16.0 Å². The number of rotatable bonds is 4. The number of nitrogens with one attached hydrogen (secondary N) is 2. The van der Waals surface area contributed by atoms with Gasteiger partial charge in [-0.1, -0.05) is 6.07 Å². The van der Waals surface area contributed by atoms with Crippen molar-refractivity contribution in [3.63, 3.8) is 0 Å². The second-order valence-electron chi connectivity index (χ2n) is 6.87. The number of thiophene rings is 1. The number of hydrogen-bond donors (Lipinski definition) is 2. The molecule has 1 aliphatic carbocycles. The van der Waals surface area contributed by atoms with E-state index >= 15 is 0 Å². The molecule has 1 aliphatic rings. The molecule has 7 nitrogen and oxygen atoms in total. The normalized spacial score (nSPS) is 14.0. The third-order valence-corrected chi connectivity index (χ3v) is 5.74. The van der Waals surface area contributed by atoms with Crippen LogP contribution < -0.4 is 5.32 Å². The van der Waals surface area contributed by atoms with E-state index in [1.807, 2.05) is 43.6 Å². The number of nitrogens with zero attached hydrogens (tertiary/aromatic N) is 4. The van der Waals surface area contributed by atoms with Crippen molar-refractivity contribution in [2.45, 2.75) is 25.7 Å². The summed E-state index contributed by atoms with van der Waals surface area (Å²) in [5.74, 6) is 0.763. The average Bonchev–Trinajstić information content (AvgIpc) is 3.04. The van der Waals surface area contributed by atoms with E-state index in [0.717, 1.165) is 45.8 Å². The Morgan fingerprint density at radius 3 is 2.96 bits per heavy atom. The van der Waals surface area contributed by atoms with Gasteiger partial charge in [-0.25, -0.2) is 4.98 Å². The number of aryl methyl sites for hydroxylation is 2. The topological polar surface area (TPSA) is 88.5 Å². The zero-order valence-corrected chi connectivity index (χ0v) is 15.8. The van der Waals surface area contributed by atoms with Crippen LogP contribution in [0.4, 0.5) is 5.82 Å². The first-order valence-electron chi connectivity index (χ1n) is 8.85. The van der Waals surface area contributed by atoms with E-state index in [-0.39, 0.29) is 5.91 Å². The maximum absolute atomic E-state index is 13.1. The van der Waals surface area contributed by atoms with Gasteiger partial charge < -0.3 is 5.32 Å². The summed E-state index contributed by atoms with van der Waals surface area (Å²) < 4.78 is 1.75. The molecule has 0 bridgehead atoms. The molecule has 4 aromatic rings. The van der Waals surface area contributed by atoms with Crippen LogP contribution in [0.1, 0.15) is 40.5 Å². The maximum Gasteiger partial charge on any atom is 0.257 e. The second kappa shape index (κ2) is 6.02. The van der Waals surface area contributed by atoms with Gasteiger partial charge in [-0.2, -0.15) is 10.2 Å². The first-order chi connectivity index (χ1) is 13.1. The number of carbonyl (C=O) groups excluding carboxylic acids is 1. The van der Waals surface area contributed by atoms with Gasteiger partial charge in [0.15, 0.2) is 11.5 Å². The fraction of sp³-hybridized carbons (Fsp3) is 0.263. The Morgan fingerprint density at radius 1 is 1.37 bits per heavy atom. The smallest absolute Gasteiger partial charge is 0.257 e. The highest BCUT2D eigenvalue weighted by Gasteiger charge is 2.28. The maximum atomic E-state index is 13.1. The Labute approximate surface area is 159 Å². The van der Waals surface area contributed by atoms with Crippen LogP contribution >= 0.6 is 11.3 Å². The number of fused-ring (bicyclic) bond motifs is 1. The Hall–Kier alpha value is -3.00. The van der Waals surface area contributed by atoms with E-state index in [4.69, 9.17) is 4.98 Å². The first kappa shape index (κ1) is 16.2. The lowest BCUT2D eigenvalue weighted by molar-refractivity contribution is 0.102. The monoisotopic (exact) mass is 378 g/mol. The molecule has 27 heavy (non-hydrogen) atoms. The molecule has 0 saturated heterocycles. The molecule has 0 aromatic carbocycles. The van der Waals surface area contributed by atoms with Gasteiger partial charge in [0.2, 0.25) is 0 Å². The Balaban J connectivity index is 1.52. The minimum absolute atomic E-state index is 0.190. The molecule has 0 unspecified atom stereocenters. The molecular weight excluding hydrogens is 360 g/mol. The molecule has 4 heterocycles. The van der Waals surface area contributed by atoms with Crippen LogP contribution in [0.2, 0.25) is 0 Å². The zero-order chi connectivity index (χ0) is 18.5. The predicted molar refractivity (Wildman–Crippen MR) is 105 cm³/mol. The molecule has 0 aliphatic heterocycles. The zero-order valence-electron chi connectivity index (χ0n) is 15.0. The molecule has 1 fully saturated rings. The molecule has 136 valence electrons. The molecule has 1 amide bonds. The van der Waals surface area contributed by atoms with Crippen molar-refractivity contribution < 1.29 is 4.79 Å². The number of aromatic nitrogens is 5. The minimum Gasteiger partial charge on any atom is -0.305 e. The lowest BCUT2D eigenvalue weighted by atomic mass is 10.1. The number of amides is 1. The number of hydrogen-bond acceptors (Lipinski definition) is 5. The Kier molecular flexibility index (Phi) is 3.61. The minimum atomic E-state index is -0.190. The summed E-state index contributed by atoms with van der Waals surface area (Å²) in [6.07, 6.45) is 2.25. The third-order valence-electron chi connectivity index (χ3n) is 4.83. The lowest BCUT2D eigenvalue weighted by Gasteiger charge is -2.07. The van der Waals surface area contributed by atoms with Gasteiger partial charge in [-0.05, 0) is 37.3 Å². The fourth-order valence-electron chi connectivity index (χ4n) is 3.36. The van der Waals surface area contributed by atoms with Crippen LogP contribution in [0.25, 0.3) is 21.6 Å². The number of aromatic amines is 1. The molecule has 0 radical (unpaired) electrons. The highest BCUT2D eigenvalue weighted by Crippen LogP contribution is 2.40. The van der Waals surface area contributed by atoms with Crippen molar-refractivity contribution in [2.75, 3.05) is 5.32 Å². The average molecular weight is 378 g/mol. The third kappa shape index (κ3) is 2.82. The van der Waals surface area contributed by atoms with Crippen molar-refractivity contribution in [3.05, 3.63) is 46.6 Å². The van der Waals surface area contributed by atoms with Gasteiger partial charge in [0.05, 0.1) is 27.2 Å². The molecule has 0 atom stereocenters. The molecule has 4 aromatic heterocycles. The van der Waals surface area contributed by atoms with Gasteiger partial charge in [0.1, 0.15) is 0 Å². The molecule has 1 saturated carbocycles. The van der Waals surface area contributed by atoms with Crippen molar-refractivity contribution in [3.8, 4) is 10.6 Å². The van der Waals surface area contributed by atoms with Gasteiger partial charge >= 0.3 is 0 Å². The molecule has 2 N–H and O–H groups in total. The van der Waals surface area contributed by atoms with Crippen molar-refractivity contribution >= 4 is 34.1 Å². The van der Waals surface area contributed by atoms with E-state index in [9.17, 15) is 4.79 Å². The van der Waals surface area contributed by atoms with Gasteiger partial charge in [0.25, 0.3) is 5.91 Å². The summed E-state index contributed by atoms with van der Waals surface area (Å²) in [5, 5.41) is 17.4. The van der Waals surface area contributed by atoms with Gasteiger partial charge in [-0.3, -0.25) is 14.6 Å². The standard InChI is InChI=1S/C19H18N6OS/c1-10-17-12(8-13(11-5-6-11)20-18(17)25(2)24-10)19(26)21-16-9-14(22-23-16)15-4-3-7-27-15/h3-4,7-9,11H,5-6H2,1-2H3,(H2,21,22,23,26). The molecule has 0 spiro atoms. The molecule has 5 rings (SSSR count). The van der Waals surface area contributed by atoms with Gasteiger partial charge in [0, 0.05) is 24.7 Å². The summed E-state index contributed by atoms with van der Waals surface area (Å²) in [6, 6.07) is 7.76. The highest BCUT2D eigenvalue weighted by molar-refractivity contribution is 7.13. The SMILES string of the molecule is Cc1nn(C)c2nc(C3CC3)cc(C(=O)Nc3cc(-c4cccs4)[nH]n3)c12. The van der Waals surface area contributed by atoms with Crippen LogP contribution in [-0.2, 0) is 7.05 Å². The summed E-state index contributed by atoms with van der Waals surface area (Å²) in [6.45, 7) is 1.90. The fourth-order valence-corrected chi connectivity index (χ4v) is 4.05. The van der Waals surface area contributed by atoms with Crippen molar-refractivity contribution in [1.29, 1.82) is 0 Å². The van der Waals surface area contributed by atoms with E-state index in [0.29, 0.717) is 17.3 Å². The number of anilines is 1. The Morgan fingerprint density at radius 2 is 2.22 bits per heavy atom. The highest BCUT2D eigenvalue weighted by atomic mass is 32.1. The number of carbonyl (C=O) groups is 1. The van der Waals surface area contributed by atoms with Crippen molar-refractivity contribution in [2.24, 2.45) is 7.05 Å². The number of pyridine rings is 1. The van der Waals surface area contributed by atoms with Crippen LogP contribution in [-0.4, -0.2) is 30.9 Å². The van der Waals surface area contributed by atoms with E-state index in [2.05, 4.69) is 20.6 Å². The summed E-state index contributed by atoms with van der Waals surface area (Å²) in [4.78, 5) is 18.9. The second-order valence-corrected chi connectivity index (χ2v) is 7.82. The molecule has 8 heteroatoms. The first-order valence-corrected chi connectivity index (χ1v) is 9.73. The van der Waals surface area contributed by atoms with Crippen molar-refractivity contribution in [1.82, 2.24) is 25.0 Å². The largest absolute Gasteiger partial charge is 0.305 e. The molecular formula is C19H18N6OS. The van der Waals surface area contributed by atoms with Gasteiger partial charge in [-0.15, -0.1) is 11.3 Å². The number of H-pyrrole nitrogens is 1. The van der Waals surface area contributed by atoms with E-state index < -0.39 is 0 Å². The van der Waals surface area contributed by atoms with E-state index in [1.165, 1.54) is 0 Å². The van der Waals surface area contributed by atoms with Crippen LogP contribution in [0, 0.1) is 6.92 Å². The van der Waals surface area contributed by atoms with Crippen LogP contribution in [0.3, 0.4) is 0 Å². The van der Waals surface area contributed by atoms with Crippen LogP contribution in [0.5, 0.6) is 0 Å². The summed E-state index contributed by atoms with van der Waals surface area (Å²) in [7, 11) is 1.86. The lowest BCUT2D eigenvalue weighted by Crippen LogP contribution is -2.14. The summed E-state index contributed by atoms with van der Waals surface area (Å²) >= 11 is 1.62.